The Morgan fingerprint density at radius 3 is 2.58 bits per heavy atom. The Morgan fingerprint density at radius 1 is 1.16 bits per heavy atom. The third-order valence-corrected chi connectivity index (χ3v) is 4.53. The highest BCUT2D eigenvalue weighted by Crippen LogP contribution is 2.30. The largest absolute Gasteiger partial charge is 0.380 e. The zero-order valence-corrected chi connectivity index (χ0v) is 14.0. The first kappa shape index (κ1) is 14.8. The van der Waals surface area contributed by atoms with Crippen LogP contribution in [0.1, 0.15) is 11.1 Å². The first-order valence-corrected chi connectivity index (χ1v) is 7.57. The summed E-state index contributed by atoms with van der Waals surface area (Å²) in [6, 6.07) is 8.48. The molecule has 0 atom stereocenters. The van der Waals surface area contributed by atoms with Gasteiger partial charge >= 0.3 is 0 Å². The lowest BCUT2D eigenvalue weighted by Crippen LogP contribution is -2.01. The van der Waals surface area contributed by atoms with E-state index in [4.69, 9.17) is 11.6 Å². The van der Waals surface area contributed by atoms with Crippen LogP contribution in [0.3, 0.4) is 0 Å². The van der Waals surface area contributed by atoms with Gasteiger partial charge in [-0.2, -0.15) is 0 Å². The van der Waals surface area contributed by atoms with Crippen LogP contribution < -0.4 is 5.32 Å². The summed E-state index contributed by atoms with van der Waals surface area (Å²) in [4.78, 5) is 0. The maximum Gasteiger partial charge on any atom is 0.124 e. The van der Waals surface area contributed by atoms with Gasteiger partial charge < -0.3 is 5.32 Å². The fourth-order valence-electron chi connectivity index (χ4n) is 1.64. The molecule has 100 valence electrons. The SMILES string of the molecule is Cc1cc(Br)c(NCc2ccc(F)cc2Br)cc1Cl. The van der Waals surface area contributed by atoms with Crippen LogP contribution in [0.4, 0.5) is 10.1 Å². The van der Waals surface area contributed by atoms with Crippen molar-refractivity contribution in [2.45, 2.75) is 13.5 Å². The second kappa shape index (κ2) is 6.25. The molecule has 1 nitrogen and oxygen atoms in total. The Hall–Kier alpha value is -0.580. The molecule has 0 saturated heterocycles. The number of halogens is 4. The summed E-state index contributed by atoms with van der Waals surface area (Å²) in [5, 5.41) is 3.99. The van der Waals surface area contributed by atoms with Gasteiger partial charge in [0.25, 0.3) is 0 Å². The van der Waals surface area contributed by atoms with Crippen molar-refractivity contribution >= 4 is 49.1 Å². The van der Waals surface area contributed by atoms with Gasteiger partial charge in [0.05, 0.1) is 5.69 Å². The quantitative estimate of drug-likeness (QED) is 0.665. The molecule has 0 spiro atoms. The predicted molar refractivity (Wildman–Crippen MR) is 85.3 cm³/mol. The summed E-state index contributed by atoms with van der Waals surface area (Å²) in [5.41, 5.74) is 2.90. The van der Waals surface area contributed by atoms with Crippen LogP contribution in [0.2, 0.25) is 5.02 Å². The molecule has 2 aromatic carbocycles. The van der Waals surface area contributed by atoms with Crippen LogP contribution in [0, 0.1) is 12.7 Å². The monoisotopic (exact) mass is 405 g/mol. The topological polar surface area (TPSA) is 12.0 Å². The minimum Gasteiger partial charge on any atom is -0.380 e. The lowest BCUT2D eigenvalue weighted by Gasteiger charge is -2.11. The molecule has 2 aromatic rings. The molecule has 0 radical (unpaired) electrons. The van der Waals surface area contributed by atoms with Crippen LogP contribution in [0.25, 0.3) is 0 Å². The standard InChI is InChI=1S/C14H11Br2ClFN/c1-8-4-12(16)14(6-13(8)17)19-7-9-2-3-10(18)5-11(9)15/h2-6,19H,7H2,1H3. The fourth-order valence-corrected chi connectivity index (χ4v) is 2.89. The van der Waals surface area contributed by atoms with Crippen molar-refractivity contribution in [2.24, 2.45) is 0 Å². The molecule has 0 saturated carbocycles. The van der Waals surface area contributed by atoms with Gasteiger partial charge in [-0.3, -0.25) is 0 Å². The van der Waals surface area contributed by atoms with Crippen LogP contribution in [0.15, 0.2) is 39.3 Å². The number of anilines is 1. The molecule has 0 aliphatic heterocycles. The average Bonchev–Trinajstić information content (AvgIpc) is 2.34. The highest BCUT2D eigenvalue weighted by Gasteiger charge is 2.06. The van der Waals surface area contributed by atoms with Gasteiger partial charge in [-0.25, -0.2) is 4.39 Å². The van der Waals surface area contributed by atoms with Crippen molar-refractivity contribution in [1.29, 1.82) is 0 Å². The van der Waals surface area contributed by atoms with Crippen LogP contribution in [-0.2, 0) is 6.54 Å². The highest BCUT2D eigenvalue weighted by molar-refractivity contribution is 9.11. The summed E-state index contributed by atoms with van der Waals surface area (Å²) >= 11 is 12.9. The van der Waals surface area contributed by atoms with Crippen molar-refractivity contribution in [3.05, 3.63) is 61.2 Å². The van der Waals surface area contributed by atoms with Crippen molar-refractivity contribution in [3.8, 4) is 0 Å². The Kier molecular flexibility index (Phi) is 4.87. The number of aryl methyl sites for hydroxylation is 1. The molecule has 19 heavy (non-hydrogen) atoms. The molecule has 0 aliphatic carbocycles. The zero-order valence-electron chi connectivity index (χ0n) is 10.1. The van der Waals surface area contributed by atoms with Gasteiger partial charge in [-0.15, -0.1) is 0 Å². The number of hydrogen-bond donors (Lipinski definition) is 1. The van der Waals surface area contributed by atoms with E-state index < -0.39 is 0 Å². The number of nitrogens with one attached hydrogen (secondary N) is 1. The van der Waals surface area contributed by atoms with Gasteiger partial charge in [0.2, 0.25) is 0 Å². The molecular formula is C14H11Br2ClFN. The zero-order chi connectivity index (χ0) is 14.0. The number of benzene rings is 2. The van der Waals surface area contributed by atoms with E-state index in [0.717, 1.165) is 25.8 Å². The number of rotatable bonds is 3. The second-order valence-corrected chi connectivity index (χ2v) is 6.29. The van der Waals surface area contributed by atoms with E-state index in [2.05, 4.69) is 37.2 Å². The van der Waals surface area contributed by atoms with E-state index in [9.17, 15) is 4.39 Å². The van der Waals surface area contributed by atoms with E-state index in [-0.39, 0.29) is 5.82 Å². The normalized spacial score (nSPS) is 10.6. The maximum atomic E-state index is 13.0. The molecule has 0 heterocycles. The van der Waals surface area contributed by atoms with E-state index in [1.165, 1.54) is 12.1 Å². The minimum atomic E-state index is -0.254. The minimum absolute atomic E-state index is 0.254. The number of hydrogen-bond acceptors (Lipinski definition) is 1. The predicted octanol–water partition coefficient (Wildman–Crippen LogP) is 5.92. The summed E-state index contributed by atoms with van der Waals surface area (Å²) < 4.78 is 14.7. The van der Waals surface area contributed by atoms with Gasteiger partial charge in [0.15, 0.2) is 0 Å². The summed E-state index contributed by atoms with van der Waals surface area (Å²) in [6.07, 6.45) is 0. The second-order valence-electron chi connectivity index (χ2n) is 4.17. The fraction of sp³-hybridized carbons (Fsp3) is 0.143. The van der Waals surface area contributed by atoms with E-state index >= 15 is 0 Å². The Bertz CT molecular complexity index is 617. The molecule has 0 amide bonds. The third kappa shape index (κ3) is 3.71. The summed E-state index contributed by atoms with van der Waals surface area (Å²) in [7, 11) is 0. The molecule has 0 fully saturated rings. The van der Waals surface area contributed by atoms with Gasteiger partial charge in [0.1, 0.15) is 5.82 Å². The first-order chi connectivity index (χ1) is 8.97. The van der Waals surface area contributed by atoms with Gasteiger partial charge in [-0.05, 0) is 58.2 Å². The lowest BCUT2D eigenvalue weighted by molar-refractivity contribution is 0.626. The molecule has 0 aromatic heterocycles. The van der Waals surface area contributed by atoms with Crippen LogP contribution in [0.5, 0.6) is 0 Å². The van der Waals surface area contributed by atoms with Crippen molar-refractivity contribution in [1.82, 2.24) is 0 Å². The first-order valence-electron chi connectivity index (χ1n) is 5.61. The van der Waals surface area contributed by atoms with Crippen molar-refractivity contribution < 1.29 is 4.39 Å². The average molecular weight is 408 g/mol. The smallest absolute Gasteiger partial charge is 0.124 e. The van der Waals surface area contributed by atoms with Crippen molar-refractivity contribution in [3.63, 3.8) is 0 Å². The lowest BCUT2D eigenvalue weighted by atomic mass is 10.2. The maximum absolute atomic E-state index is 13.0. The molecule has 1 N–H and O–H groups in total. The molecule has 0 unspecified atom stereocenters. The molecular weight excluding hydrogens is 396 g/mol. The van der Waals surface area contributed by atoms with Gasteiger partial charge in [-0.1, -0.05) is 33.6 Å². The van der Waals surface area contributed by atoms with Crippen LogP contribution >= 0.6 is 43.5 Å². The van der Waals surface area contributed by atoms with E-state index in [1.54, 1.807) is 6.07 Å². The van der Waals surface area contributed by atoms with Gasteiger partial charge in [0, 0.05) is 20.5 Å². The highest BCUT2D eigenvalue weighted by atomic mass is 79.9. The van der Waals surface area contributed by atoms with Crippen molar-refractivity contribution in [2.75, 3.05) is 5.32 Å². The van der Waals surface area contributed by atoms with E-state index in [0.29, 0.717) is 11.6 Å². The molecule has 5 heteroatoms. The summed E-state index contributed by atoms with van der Waals surface area (Å²) in [5.74, 6) is -0.254. The third-order valence-electron chi connectivity index (χ3n) is 2.73. The Morgan fingerprint density at radius 2 is 1.89 bits per heavy atom. The molecule has 0 aliphatic rings. The molecule has 2 rings (SSSR count). The van der Waals surface area contributed by atoms with E-state index in [1.807, 2.05) is 19.1 Å². The summed E-state index contributed by atoms with van der Waals surface area (Å²) in [6.45, 7) is 2.53. The van der Waals surface area contributed by atoms with Crippen LogP contribution in [-0.4, -0.2) is 0 Å². The molecule has 0 bridgehead atoms. The Balaban J connectivity index is 2.16. The Labute approximate surface area is 133 Å².